The Morgan fingerprint density at radius 2 is 1.84 bits per heavy atom. The first kappa shape index (κ1) is 17.1. The predicted octanol–water partition coefficient (Wildman–Crippen LogP) is 1.25. The van der Waals surface area contributed by atoms with Crippen molar-refractivity contribution in [2.75, 3.05) is 37.0 Å². The summed E-state index contributed by atoms with van der Waals surface area (Å²) in [6, 6.07) is 3.35. The lowest BCUT2D eigenvalue weighted by molar-refractivity contribution is 0.0949. The van der Waals surface area contributed by atoms with E-state index in [0.29, 0.717) is 23.3 Å². The summed E-state index contributed by atoms with van der Waals surface area (Å²) in [5.41, 5.74) is 0.563. The Bertz CT molecular complexity index is 714. The van der Waals surface area contributed by atoms with Gasteiger partial charge in [-0.15, -0.1) is 0 Å². The van der Waals surface area contributed by atoms with Crippen molar-refractivity contribution in [3.63, 3.8) is 0 Å². The van der Waals surface area contributed by atoms with Crippen LogP contribution in [0.2, 0.25) is 0 Å². The lowest BCUT2D eigenvalue weighted by Crippen LogP contribution is -2.32. The third-order valence-corrected chi connectivity index (χ3v) is 4.05. The van der Waals surface area contributed by atoms with Crippen molar-refractivity contribution in [2.24, 2.45) is 0 Å². The molecule has 0 radical (unpaired) electrons. The molecule has 1 amide bonds. The van der Waals surface area contributed by atoms with Gasteiger partial charge in [-0.25, -0.2) is 0 Å². The highest BCUT2D eigenvalue weighted by molar-refractivity contribution is 5.93. The molecule has 25 heavy (non-hydrogen) atoms. The summed E-state index contributed by atoms with van der Waals surface area (Å²) in [5.74, 6) is 1.67. The average Bonchev–Trinajstić information content (AvgIpc) is 2.67. The van der Waals surface area contributed by atoms with Gasteiger partial charge in [0.1, 0.15) is 0 Å². The number of rotatable bonds is 5. The predicted molar refractivity (Wildman–Crippen MR) is 95.6 cm³/mol. The van der Waals surface area contributed by atoms with Crippen molar-refractivity contribution < 1.29 is 4.79 Å². The molecule has 1 saturated heterocycles. The third-order valence-electron chi connectivity index (χ3n) is 4.05. The molecule has 3 rings (SSSR count). The number of nitrogens with zero attached hydrogens (tertiary/aromatic N) is 6. The van der Waals surface area contributed by atoms with Crippen LogP contribution in [0.5, 0.6) is 0 Å². The highest BCUT2D eigenvalue weighted by Crippen LogP contribution is 2.17. The van der Waals surface area contributed by atoms with E-state index in [1.54, 1.807) is 24.5 Å². The number of amides is 1. The smallest absolute Gasteiger partial charge is 0.251 e. The Morgan fingerprint density at radius 3 is 2.52 bits per heavy atom. The molecule has 1 N–H and O–H groups in total. The zero-order valence-electron chi connectivity index (χ0n) is 14.6. The van der Waals surface area contributed by atoms with Gasteiger partial charge in [-0.3, -0.25) is 9.78 Å². The van der Waals surface area contributed by atoms with E-state index in [4.69, 9.17) is 0 Å². The van der Waals surface area contributed by atoms with E-state index < -0.39 is 0 Å². The number of nitrogens with one attached hydrogen (secondary N) is 1. The van der Waals surface area contributed by atoms with Crippen LogP contribution in [0.4, 0.5) is 11.9 Å². The lowest BCUT2D eigenvalue weighted by atomic mass is 10.1. The fraction of sp³-hybridized carbons (Fsp3) is 0.471. The molecule has 2 aromatic heterocycles. The first-order chi connectivity index (χ1) is 12.1. The van der Waals surface area contributed by atoms with Gasteiger partial charge < -0.3 is 15.1 Å². The molecule has 8 nitrogen and oxygen atoms in total. The van der Waals surface area contributed by atoms with Gasteiger partial charge in [0.2, 0.25) is 11.9 Å². The van der Waals surface area contributed by atoms with Crippen molar-refractivity contribution in [3.05, 3.63) is 35.9 Å². The number of pyridine rings is 1. The summed E-state index contributed by atoms with van der Waals surface area (Å²) in [5, 5.41) is 2.86. The van der Waals surface area contributed by atoms with Gasteiger partial charge in [-0.05, 0) is 31.4 Å². The summed E-state index contributed by atoms with van der Waals surface area (Å²) in [6.07, 6.45) is 6.73. The summed E-state index contributed by atoms with van der Waals surface area (Å²) in [4.78, 5) is 33.7. The Kier molecular flexibility index (Phi) is 5.37. The Balaban J connectivity index is 1.75. The minimum absolute atomic E-state index is 0.172. The van der Waals surface area contributed by atoms with Crippen LogP contribution in [-0.4, -0.2) is 53.0 Å². The topological polar surface area (TPSA) is 87.1 Å². The molecule has 1 fully saturated rings. The van der Waals surface area contributed by atoms with Crippen LogP contribution in [0.1, 0.15) is 35.4 Å². The maximum atomic E-state index is 12.2. The maximum absolute atomic E-state index is 12.2. The summed E-state index contributed by atoms with van der Waals surface area (Å²) < 4.78 is 0. The largest absolute Gasteiger partial charge is 0.347 e. The first-order valence-electron chi connectivity index (χ1n) is 8.49. The number of anilines is 2. The number of hydrogen-bond donors (Lipinski definition) is 1. The molecule has 8 heteroatoms. The van der Waals surface area contributed by atoms with Crippen LogP contribution in [0.15, 0.2) is 24.5 Å². The van der Waals surface area contributed by atoms with E-state index in [-0.39, 0.29) is 12.5 Å². The van der Waals surface area contributed by atoms with Crippen LogP contribution in [0.25, 0.3) is 0 Å². The molecule has 132 valence electrons. The van der Waals surface area contributed by atoms with Crippen molar-refractivity contribution in [1.29, 1.82) is 0 Å². The normalized spacial score (nSPS) is 14.2. The molecular formula is C17H23N7O. The number of carbonyl (C=O) groups excluding carboxylic acids is 1. The van der Waals surface area contributed by atoms with Crippen molar-refractivity contribution in [2.45, 2.75) is 25.8 Å². The molecule has 3 heterocycles. The quantitative estimate of drug-likeness (QED) is 0.876. The first-order valence-corrected chi connectivity index (χ1v) is 8.49. The maximum Gasteiger partial charge on any atom is 0.251 e. The van der Waals surface area contributed by atoms with Gasteiger partial charge in [0.05, 0.1) is 6.54 Å². The average molecular weight is 341 g/mol. The lowest BCUT2D eigenvalue weighted by Gasteiger charge is -2.27. The third kappa shape index (κ3) is 4.40. The van der Waals surface area contributed by atoms with E-state index in [9.17, 15) is 4.79 Å². The van der Waals surface area contributed by atoms with Gasteiger partial charge in [0, 0.05) is 45.1 Å². The fourth-order valence-corrected chi connectivity index (χ4v) is 2.67. The van der Waals surface area contributed by atoms with E-state index in [2.05, 4.69) is 30.2 Å². The van der Waals surface area contributed by atoms with E-state index in [0.717, 1.165) is 25.9 Å². The monoisotopic (exact) mass is 341 g/mol. The van der Waals surface area contributed by atoms with Crippen LogP contribution in [0.3, 0.4) is 0 Å². The fourth-order valence-electron chi connectivity index (χ4n) is 2.67. The highest BCUT2D eigenvalue weighted by Gasteiger charge is 2.17. The van der Waals surface area contributed by atoms with Crippen LogP contribution >= 0.6 is 0 Å². The Hall–Kier alpha value is -2.77. The molecule has 2 aromatic rings. The molecule has 0 spiro atoms. The second-order valence-corrected chi connectivity index (χ2v) is 6.21. The highest BCUT2D eigenvalue weighted by atomic mass is 16.1. The molecule has 0 aliphatic carbocycles. The molecule has 1 aliphatic rings. The Morgan fingerprint density at radius 1 is 1.12 bits per heavy atom. The van der Waals surface area contributed by atoms with Crippen molar-refractivity contribution >= 4 is 17.8 Å². The van der Waals surface area contributed by atoms with E-state index in [1.165, 1.54) is 6.42 Å². The molecular weight excluding hydrogens is 318 g/mol. The van der Waals surface area contributed by atoms with E-state index >= 15 is 0 Å². The minimum Gasteiger partial charge on any atom is -0.347 e. The second-order valence-electron chi connectivity index (χ2n) is 6.21. The minimum atomic E-state index is -0.172. The summed E-state index contributed by atoms with van der Waals surface area (Å²) in [6.45, 7) is 2.17. The molecule has 0 atom stereocenters. The van der Waals surface area contributed by atoms with Gasteiger partial charge in [0.25, 0.3) is 5.91 Å². The molecule has 0 bridgehead atoms. The molecule has 0 unspecified atom stereocenters. The summed E-state index contributed by atoms with van der Waals surface area (Å²) in [7, 11) is 3.79. The zero-order chi connectivity index (χ0) is 17.6. The Labute approximate surface area is 147 Å². The zero-order valence-corrected chi connectivity index (χ0v) is 14.6. The number of piperidine rings is 1. The van der Waals surface area contributed by atoms with Crippen LogP contribution in [-0.2, 0) is 6.54 Å². The number of aromatic nitrogens is 4. The van der Waals surface area contributed by atoms with Gasteiger partial charge >= 0.3 is 0 Å². The van der Waals surface area contributed by atoms with Gasteiger partial charge in [0.15, 0.2) is 5.82 Å². The standard InChI is InChI=1S/C17H23N7O/c1-23(2)16-20-14(12-19-15(25)13-6-8-18-9-7-13)21-17(22-16)24-10-4-3-5-11-24/h6-9H,3-5,10-12H2,1-2H3,(H,19,25). The van der Waals surface area contributed by atoms with E-state index in [1.807, 2.05) is 19.0 Å². The summed E-state index contributed by atoms with van der Waals surface area (Å²) >= 11 is 0. The SMILES string of the molecule is CN(C)c1nc(CNC(=O)c2ccncc2)nc(N2CCCCC2)n1. The number of hydrogen-bond acceptors (Lipinski definition) is 7. The van der Waals surface area contributed by atoms with Gasteiger partial charge in [-0.1, -0.05) is 0 Å². The molecule has 0 saturated carbocycles. The molecule has 1 aliphatic heterocycles. The van der Waals surface area contributed by atoms with Crippen LogP contribution < -0.4 is 15.1 Å². The second kappa shape index (κ2) is 7.87. The van der Waals surface area contributed by atoms with Crippen molar-refractivity contribution in [3.8, 4) is 0 Å². The molecule has 0 aromatic carbocycles. The van der Waals surface area contributed by atoms with Crippen molar-refractivity contribution in [1.82, 2.24) is 25.3 Å². The van der Waals surface area contributed by atoms with Gasteiger partial charge in [-0.2, -0.15) is 15.0 Å². The number of carbonyl (C=O) groups is 1. The van der Waals surface area contributed by atoms with Crippen LogP contribution in [0, 0.1) is 0 Å².